The lowest BCUT2D eigenvalue weighted by Crippen LogP contribution is -2.14. The third-order valence-electron chi connectivity index (χ3n) is 4.79. The highest BCUT2D eigenvalue weighted by atomic mass is 35.5. The number of azo groups is 1. The molecule has 0 aliphatic rings. The SMILES string of the molecule is Cn1cc(C(=O)Nc2c(N=Nc3ccccc3Cl)cccc2-c2ccccc2)c(C(F)F)n1. The first-order chi connectivity index (χ1) is 15.9. The number of nitrogens with zero attached hydrogens (tertiary/aromatic N) is 4. The van der Waals surface area contributed by atoms with Crippen LogP contribution in [0, 0.1) is 0 Å². The Morgan fingerprint density at radius 3 is 2.36 bits per heavy atom. The van der Waals surface area contributed by atoms with Crippen LogP contribution in [0.3, 0.4) is 0 Å². The average molecular weight is 466 g/mol. The molecule has 166 valence electrons. The molecule has 1 aromatic heterocycles. The topological polar surface area (TPSA) is 71.6 Å². The van der Waals surface area contributed by atoms with Crippen molar-refractivity contribution in [1.29, 1.82) is 0 Å². The number of nitrogens with one attached hydrogen (secondary N) is 1. The summed E-state index contributed by atoms with van der Waals surface area (Å²) >= 11 is 6.17. The van der Waals surface area contributed by atoms with E-state index < -0.39 is 18.0 Å². The molecule has 4 aromatic rings. The summed E-state index contributed by atoms with van der Waals surface area (Å²) in [6.07, 6.45) is -1.64. The van der Waals surface area contributed by atoms with Crippen LogP contribution in [-0.4, -0.2) is 15.7 Å². The van der Waals surface area contributed by atoms with Gasteiger partial charge in [0.1, 0.15) is 17.1 Å². The number of para-hydroxylation sites is 1. The predicted molar refractivity (Wildman–Crippen MR) is 124 cm³/mol. The van der Waals surface area contributed by atoms with Gasteiger partial charge in [-0.15, -0.1) is 10.2 Å². The fraction of sp³-hybridized carbons (Fsp3) is 0.0833. The number of anilines is 1. The van der Waals surface area contributed by atoms with Gasteiger partial charge in [0.2, 0.25) is 0 Å². The second kappa shape index (κ2) is 9.70. The number of halogens is 3. The molecule has 0 saturated heterocycles. The number of hydrogen-bond acceptors (Lipinski definition) is 4. The lowest BCUT2D eigenvalue weighted by molar-refractivity contribution is 0.101. The fourth-order valence-corrected chi connectivity index (χ4v) is 3.45. The number of carbonyl (C=O) groups is 1. The van der Waals surface area contributed by atoms with Crippen molar-refractivity contribution in [3.8, 4) is 11.1 Å². The van der Waals surface area contributed by atoms with Crippen molar-refractivity contribution < 1.29 is 13.6 Å². The summed E-state index contributed by atoms with van der Waals surface area (Å²) in [5, 5.41) is 15.4. The van der Waals surface area contributed by atoms with Crippen LogP contribution >= 0.6 is 11.6 Å². The van der Waals surface area contributed by atoms with E-state index in [4.69, 9.17) is 11.6 Å². The molecule has 0 spiro atoms. The van der Waals surface area contributed by atoms with Gasteiger partial charge in [0.25, 0.3) is 12.3 Å². The van der Waals surface area contributed by atoms with Crippen molar-refractivity contribution in [2.24, 2.45) is 17.3 Å². The van der Waals surface area contributed by atoms with Crippen molar-refractivity contribution in [2.45, 2.75) is 6.43 Å². The molecular formula is C24H18ClF2N5O. The zero-order valence-corrected chi connectivity index (χ0v) is 18.2. The van der Waals surface area contributed by atoms with Gasteiger partial charge in [-0.3, -0.25) is 9.48 Å². The number of aryl methyl sites for hydroxylation is 1. The van der Waals surface area contributed by atoms with Crippen LogP contribution in [0.4, 0.5) is 25.8 Å². The molecule has 1 N–H and O–H groups in total. The molecule has 0 unspecified atom stereocenters. The quantitative estimate of drug-likeness (QED) is 0.302. The summed E-state index contributed by atoms with van der Waals surface area (Å²) in [6, 6.07) is 21.5. The third kappa shape index (κ3) is 4.96. The standard InChI is InChI=1S/C24H18ClF2N5O/c1-32-14-17(22(31-32)23(26)27)24(33)28-21-16(15-8-3-2-4-9-15)10-7-13-20(21)30-29-19-12-6-5-11-18(19)25/h2-14,23H,1H3,(H,28,33). The number of hydrogen-bond donors (Lipinski definition) is 1. The van der Waals surface area contributed by atoms with E-state index in [1.807, 2.05) is 30.3 Å². The maximum atomic E-state index is 13.4. The molecule has 0 atom stereocenters. The van der Waals surface area contributed by atoms with E-state index in [-0.39, 0.29) is 5.56 Å². The smallest absolute Gasteiger partial charge is 0.282 e. The van der Waals surface area contributed by atoms with Crippen LogP contribution in [0.2, 0.25) is 5.02 Å². The molecule has 1 heterocycles. The maximum Gasteiger partial charge on any atom is 0.282 e. The Bertz CT molecular complexity index is 1320. The Hall–Kier alpha value is -3.91. The van der Waals surface area contributed by atoms with Gasteiger partial charge in [-0.1, -0.05) is 66.2 Å². The first-order valence-electron chi connectivity index (χ1n) is 9.92. The minimum atomic E-state index is -2.89. The van der Waals surface area contributed by atoms with Crippen LogP contribution in [0.1, 0.15) is 22.5 Å². The van der Waals surface area contributed by atoms with Crippen LogP contribution in [-0.2, 0) is 7.05 Å². The minimum absolute atomic E-state index is 0.218. The highest BCUT2D eigenvalue weighted by Gasteiger charge is 2.24. The van der Waals surface area contributed by atoms with Gasteiger partial charge >= 0.3 is 0 Å². The van der Waals surface area contributed by atoms with E-state index in [2.05, 4.69) is 20.6 Å². The van der Waals surface area contributed by atoms with E-state index in [1.165, 1.54) is 17.9 Å². The van der Waals surface area contributed by atoms with Crippen LogP contribution < -0.4 is 5.32 Å². The molecule has 3 aromatic carbocycles. The van der Waals surface area contributed by atoms with Crippen LogP contribution in [0.25, 0.3) is 11.1 Å². The summed E-state index contributed by atoms with van der Waals surface area (Å²) < 4.78 is 28.0. The van der Waals surface area contributed by atoms with Crippen molar-refractivity contribution in [3.63, 3.8) is 0 Å². The summed E-state index contributed by atoms with van der Waals surface area (Å²) in [5.41, 5.74) is 1.77. The zero-order valence-electron chi connectivity index (χ0n) is 17.4. The Balaban J connectivity index is 1.79. The largest absolute Gasteiger partial charge is 0.319 e. The number of alkyl halides is 2. The van der Waals surface area contributed by atoms with Crippen LogP contribution in [0.5, 0.6) is 0 Å². The molecule has 0 bridgehead atoms. The summed E-state index contributed by atoms with van der Waals surface area (Å²) in [4.78, 5) is 13.0. The van der Waals surface area contributed by atoms with E-state index in [9.17, 15) is 13.6 Å². The number of amides is 1. The van der Waals surface area contributed by atoms with Gasteiger partial charge in [-0.25, -0.2) is 8.78 Å². The molecule has 0 saturated carbocycles. The second-order valence-electron chi connectivity index (χ2n) is 7.07. The van der Waals surface area contributed by atoms with Gasteiger partial charge < -0.3 is 5.32 Å². The molecule has 6 nitrogen and oxygen atoms in total. The van der Waals surface area contributed by atoms with Crippen molar-refractivity contribution >= 4 is 34.6 Å². The van der Waals surface area contributed by atoms with E-state index in [0.717, 1.165) is 5.56 Å². The van der Waals surface area contributed by atoms with Crippen molar-refractivity contribution in [3.05, 3.63) is 95.3 Å². The Morgan fingerprint density at radius 2 is 1.64 bits per heavy atom. The fourth-order valence-electron chi connectivity index (χ4n) is 3.28. The van der Waals surface area contributed by atoms with E-state index in [0.29, 0.717) is 27.6 Å². The predicted octanol–water partition coefficient (Wildman–Crippen LogP) is 7.35. The molecule has 0 fully saturated rings. The maximum absolute atomic E-state index is 13.4. The van der Waals surface area contributed by atoms with Gasteiger partial charge in [0.15, 0.2) is 0 Å². The molecule has 0 aliphatic carbocycles. The van der Waals surface area contributed by atoms with Gasteiger partial charge in [0, 0.05) is 18.8 Å². The van der Waals surface area contributed by atoms with E-state index >= 15 is 0 Å². The second-order valence-corrected chi connectivity index (χ2v) is 7.48. The summed E-state index contributed by atoms with van der Waals surface area (Å²) in [7, 11) is 1.48. The highest BCUT2D eigenvalue weighted by molar-refractivity contribution is 6.32. The summed E-state index contributed by atoms with van der Waals surface area (Å²) in [5.74, 6) is -0.726. The van der Waals surface area contributed by atoms with Gasteiger partial charge in [-0.2, -0.15) is 5.10 Å². The molecule has 33 heavy (non-hydrogen) atoms. The number of aromatic nitrogens is 2. The normalized spacial score (nSPS) is 11.3. The van der Waals surface area contributed by atoms with Crippen molar-refractivity contribution in [1.82, 2.24) is 9.78 Å². The number of benzene rings is 3. The lowest BCUT2D eigenvalue weighted by Gasteiger charge is -2.14. The molecular weight excluding hydrogens is 448 g/mol. The lowest BCUT2D eigenvalue weighted by atomic mass is 10.0. The Kier molecular flexibility index (Phi) is 6.55. The molecule has 4 rings (SSSR count). The molecule has 1 amide bonds. The van der Waals surface area contributed by atoms with Gasteiger partial charge in [-0.05, 0) is 23.8 Å². The van der Waals surface area contributed by atoms with Crippen molar-refractivity contribution in [2.75, 3.05) is 5.32 Å². The first-order valence-corrected chi connectivity index (χ1v) is 10.3. The monoisotopic (exact) mass is 465 g/mol. The zero-order chi connectivity index (χ0) is 23.4. The molecule has 0 radical (unpaired) electrons. The van der Waals surface area contributed by atoms with Gasteiger partial charge in [0.05, 0.1) is 16.3 Å². The average Bonchev–Trinajstić information content (AvgIpc) is 3.22. The highest BCUT2D eigenvalue weighted by Crippen LogP contribution is 2.38. The minimum Gasteiger partial charge on any atom is -0.319 e. The molecule has 9 heteroatoms. The third-order valence-corrected chi connectivity index (χ3v) is 5.11. The Labute approximate surface area is 193 Å². The van der Waals surface area contributed by atoms with E-state index in [1.54, 1.807) is 42.5 Å². The van der Waals surface area contributed by atoms with Crippen LogP contribution in [0.15, 0.2) is 89.2 Å². The molecule has 0 aliphatic heterocycles. The Morgan fingerprint density at radius 1 is 0.970 bits per heavy atom. The summed E-state index contributed by atoms with van der Waals surface area (Å²) in [6.45, 7) is 0. The number of rotatable bonds is 6. The number of carbonyl (C=O) groups excluding carboxylic acids is 1. The first kappa shape index (κ1) is 22.3.